The summed E-state index contributed by atoms with van der Waals surface area (Å²) in [5, 5.41) is 6.40. The van der Waals surface area contributed by atoms with Crippen LogP contribution in [0.1, 0.15) is 19.5 Å². The first-order valence-corrected chi connectivity index (χ1v) is 7.41. The van der Waals surface area contributed by atoms with Gasteiger partial charge in [-0.2, -0.15) is 0 Å². The Morgan fingerprint density at radius 1 is 1.38 bits per heavy atom. The van der Waals surface area contributed by atoms with Crippen LogP contribution in [0.4, 0.5) is 0 Å². The molecule has 2 aliphatic rings. The van der Waals surface area contributed by atoms with Gasteiger partial charge in [0.15, 0.2) is 0 Å². The highest BCUT2D eigenvalue weighted by molar-refractivity contribution is 5.83. The maximum atomic E-state index is 12.3. The normalized spacial score (nSPS) is 27.1. The van der Waals surface area contributed by atoms with Crippen LogP contribution in [0.3, 0.4) is 0 Å². The van der Waals surface area contributed by atoms with Gasteiger partial charge < -0.3 is 15.4 Å². The zero-order chi connectivity index (χ0) is 15.0. The molecule has 21 heavy (non-hydrogen) atoms. The van der Waals surface area contributed by atoms with Gasteiger partial charge >= 0.3 is 0 Å². The molecule has 1 aliphatic heterocycles. The third kappa shape index (κ3) is 3.00. The summed E-state index contributed by atoms with van der Waals surface area (Å²) < 4.78 is 5.70. The Hall–Kier alpha value is -1.69. The summed E-state index contributed by atoms with van der Waals surface area (Å²) in [5.41, 5.74) is 0.327. The van der Waals surface area contributed by atoms with Crippen molar-refractivity contribution in [3.63, 3.8) is 0 Å². The lowest BCUT2D eigenvalue weighted by Gasteiger charge is -2.26. The SMILES string of the molecule is Cc1nccnc1OCC(C)(C)NC(=O)[C@H]1[C@@H]2CNC[C@@H]21. The lowest BCUT2D eigenvalue weighted by atomic mass is 10.1. The number of fused-ring (bicyclic) bond motifs is 1. The molecule has 1 aromatic heterocycles. The molecule has 3 atom stereocenters. The van der Waals surface area contributed by atoms with Crippen LogP contribution in [-0.2, 0) is 4.79 Å². The predicted molar refractivity (Wildman–Crippen MR) is 77.8 cm³/mol. The van der Waals surface area contributed by atoms with Crippen molar-refractivity contribution >= 4 is 5.91 Å². The van der Waals surface area contributed by atoms with Crippen LogP contribution in [-0.4, -0.2) is 41.1 Å². The van der Waals surface area contributed by atoms with E-state index in [0.717, 1.165) is 18.8 Å². The molecule has 3 rings (SSSR count). The molecule has 0 aromatic carbocycles. The van der Waals surface area contributed by atoms with Gasteiger partial charge in [0.1, 0.15) is 6.61 Å². The first-order valence-electron chi connectivity index (χ1n) is 7.41. The van der Waals surface area contributed by atoms with Gasteiger partial charge in [0.2, 0.25) is 11.8 Å². The highest BCUT2D eigenvalue weighted by Gasteiger charge is 2.57. The number of hydrogen-bond acceptors (Lipinski definition) is 5. The number of aryl methyl sites for hydroxylation is 1. The van der Waals surface area contributed by atoms with Crippen LogP contribution < -0.4 is 15.4 Å². The fourth-order valence-corrected chi connectivity index (χ4v) is 3.05. The van der Waals surface area contributed by atoms with Crippen molar-refractivity contribution in [2.75, 3.05) is 19.7 Å². The van der Waals surface area contributed by atoms with Crippen molar-refractivity contribution < 1.29 is 9.53 Å². The van der Waals surface area contributed by atoms with Gasteiger partial charge in [0, 0.05) is 18.3 Å². The Morgan fingerprint density at radius 2 is 2.05 bits per heavy atom. The maximum absolute atomic E-state index is 12.3. The number of ether oxygens (including phenoxy) is 1. The molecule has 0 unspecified atom stereocenters. The van der Waals surface area contributed by atoms with E-state index in [1.807, 2.05) is 20.8 Å². The van der Waals surface area contributed by atoms with E-state index in [0.29, 0.717) is 24.3 Å². The topological polar surface area (TPSA) is 76.1 Å². The fourth-order valence-electron chi connectivity index (χ4n) is 3.05. The summed E-state index contributed by atoms with van der Waals surface area (Å²) >= 11 is 0. The maximum Gasteiger partial charge on any atom is 0.235 e. The summed E-state index contributed by atoms with van der Waals surface area (Å²) in [6, 6.07) is 0. The Morgan fingerprint density at radius 3 is 2.71 bits per heavy atom. The molecule has 114 valence electrons. The predicted octanol–water partition coefficient (Wildman–Crippen LogP) is 0.524. The van der Waals surface area contributed by atoms with Crippen LogP contribution in [0.2, 0.25) is 0 Å². The largest absolute Gasteiger partial charge is 0.474 e. The van der Waals surface area contributed by atoms with E-state index in [9.17, 15) is 4.79 Å². The van der Waals surface area contributed by atoms with Gasteiger partial charge in [-0.1, -0.05) is 0 Å². The zero-order valence-electron chi connectivity index (χ0n) is 12.7. The highest BCUT2D eigenvalue weighted by atomic mass is 16.5. The number of carbonyl (C=O) groups excluding carboxylic acids is 1. The van der Waals surface area contributed by atoms with E-state index in [1.54, 1.807) is 12.4 Å². The molecule has 2 N–H and O–H groups in total. The standard InChI is InChI=1S/C15H22N4O2/c1-9-14(18-5-4-17-9)21-8-15(2,3)19-13(20)12-10-6-16-7-11(10)12/h4-5,10-12,16H,6-8H2,1-3H3,(H,19,20)/t10-,11+,12+. The summed E-state index contributed by atoms with van der Waals surface area (Å²) in [6.45, 7) is 8.10. The molecule has 0 radical (unpaired) electrons. The van der Waals surface area contributed by atoms with Crippen molar-refractivity contribution in [1.82, 2.24) is 20.6 Å². The van der Waals surface area contributed by atoms with E-state index in [1.165, 1.54) is 0 Å². The van der Waals surface area contributed by atoms with Gasteiger partial charge in [0.25, 0.3) is 0 Å². The quantitative estimate of drug-likeness (QED) is 0.827. The fraction of sp³-hybridized carbons (Fsp3) is 0.667. The van der Waals surface area contributed by atoms with Gasteiger partial charge in [-0.15, -0.1) is 0 Å². The second-order valence-corrected chi connectivity index (χ2v) is 6.62. The lowest BCUT2D eigenvalue weighted by Crippen LogP contribution is -2.49. The number of piperidine rings is 1. The summed E-state index contributed by atoms with van der Waals surface area (Å²) in [5.74, 6) is 1.92. The van der Waals surface area contributed by atoms with Crippen LogP contribution in [0.5, 0.6) is 5.88 Å². The Labute approximate surface area is 124 Å². The van der Waals surface area contributed by atoms with Crippen LogP contribution in [0.25, 0.3) is 0 Å². The number of rotatable bonds is 5. The molecule has 1 aliphatic carbocycles. The van der Waals surface area contributed by atoms with E-state index < -0.39 is 5.54 Å². The molecule has 1 saturated carbocycles. The van der Waals surface area contributed by atoms with Crippen LogP contribution >= 0.6 is 0 Å². The Bertz CT molecular complexity index is 536. The van der Waals surface area contributed by atoms with Crippen molar-refractivity contribution in [2.24, 2.45) is 17.8 Å². The third-order valence-electron chi connectivity index (χ3n) is 4.26. The van der Waals surface area contributed by atoms with Crippen LogP contribution in [0.15, 0.2) is 12.4 Å². The smallest absolute Gasteiger partial charge is 0.235 e. The summed E-state index contributed by atoms with van der Waals surface area (Å²) in [4.78, 5) is 20.6. The van der Waals surface area contributed by atoms with Crippen molar-refractivity contribution in [3.05, 3.63) is 18.1 Å². The lowest BCUT2D eigenvalue weighted by molar-refractivity contribution is -0.125. The molecule has 2 heterocycles. The molecule has 6 heteroatoms. The van der Waals surface area contributed by atoms with Gasteiger partial charge in [-0.05, 0) is 45.7 Å². The van der Waals surface area contributed by atoms with Gasteiger partial charge in [-0.3, -0.25) is 9.78 Å². The third-order valence-corrected chi connectivity index (χ3v) is 4.26. The summed E-state index contributed by atoms with van der Waals surface area (Å²) in [6.07, 6.45) is 3.24. The first-order chi connectivity index (χ1) is 9.98. The number of amides is 1. The second-order valence-electron chi connectivity index (χ2n) is 6.62. The minimum absolute atomic E-state index is 0.149. The van der Waals surface area contributed by atoms with Gasteiger partial charge in [-0.25, -0.2) is 4.98 Å². The van der Waals surface area contributed by atoms with Gasteiger partial charge in [0.05, 0.1) is 11.2 Å². The Kier molecular flexibility index (Phi) is 3.57. The number of aromatic nitrogens is 2. The molecule has 1 aromatic rings. The van der Waals surface area contributed by atoms with Crippen molar-refractivity contribution in [3.8, 4) is 5.88 Å². The number of nitrogens with zero attached hydrogens (tertiary/aromatic N) is 2. The van der Waals surface area contributed by atoms with E-state index in [4.69, 9.17) is 4.74 Å². The molecule has 2 fully saturated rings. The van der Waals surface area contributed by atoms with E-state index >= 15 is 0 Å². The first kappa shape index (κ1) is 14.3. The second kappa shape index (κ2) is 5.26. The summed E-state index contributed by atoms with van der Waals surface area (Å²) in [7, 11) is 0. The number of hydrogen-bond donors (Lipinski definition) is 2. The Balaban J connectivity index is 1.52. The average Bonchev–Trinajstić information content (AvgIpc) is 2.92. The van der Waals surface area contributed by atoms with E-state index in [-0.39, 0.29) is 11.8 Å². The molecule has 1 amide bonds. The number of nitrogens with one attached hydrogen (secondary N) is 2. The minimum Gasteiger partial charge on any atom is -0.474 e. The molecule has 0 spiro atoms. The minimum atomic E-state index is -0.425. The molecular formula is C15H22N4O2. The average molecular weight is 290 g/mol. The molecule has 1 saturated heterocycles. The highest BCUT2D eigenvalue weighted by Crippen LogP contribution is 2.48. The molecular weight excluding hydrogens is 268 g/mol. The number of carbonyl (C=O) groups is 1. The van der Waals surface area contributed by atoms with Crippen LogP contribution in [0, 0.1) is 24.7 Å². The van der Waals surface area contributed by atoms with E-state index in [2.05, 4.69) is 20.6 Å². The van der Waals surface area contributed by atoms with Crippen molar-refractivity contribution in [1.29, 1.82) is 0 Å². The zero-order valence-corrected chi connectivity index (χ0v) is 12.7. The molecule has 6 nitrogen and oxygen atoms in total. The molecule has 0 bridgehead atoms. The monoisotopic (exact) mass is 290 g/mol. The van der Waals surface area contributed by atoms with Crippen molar-refractivity contribution in [2.45, 2.75) is 26.3 Å².